The van der Waals surface area contributed by atoms with Gasteiger partial charge in [0.25, 0.3) is 5.91 Å². The lowest BCUT2D eigenvalue weighted by Crippen LogP contribution is -2.20. The van der Waals surface area contributed by atoms with Gasteiger partial charge in [-0.05, 0) is 48.9 Å². The predicted molar refractivity (Wildman–Crippen MR) is 92.1 cm³/mol. The summed E-state index contributed by atoms with van der Waals surface area (Å²) in [6.07, 6.45) is 1.74. The van der Waals surface area contributed by atoms with E-state index in [-0.39, 0.29) is 12.5 Å². The van der Waals surface area contributed by atoms with Crippen LogP contribution in [0.3, 0.4) is 0 Å². The van der Waals surface area contributed by atoms with Gasteiger partial charge in [-0.2, -0.15) is 0 Å². The van der Waals surface area contributed by atoms with Crippen molar-refractivity contribution in [2.75, 3.05) is 11.9 Å². The molecule has 0 aliphatic carbocycles. The summed E-state index contributed by atoms with van der Waals surface area (Å²) in [5, 5.41) is 4.33. The van der Waals surface area contributed by atoms with Gasteiger partial charge in [0.15, 0.2) is 6.61 Å². The molecule has 4 nitrogen and oxygen atoms in total. The van der Waals surface area contributed by atoms with Gasteiger partial charge in [-0.15, -0.1) is 0 Å². The van der Waals surface area contributed by atoms with Crippen LogP contribution < -0.4 is 10.1 Å². The lowest BCUT2D eigenvalue weighted by Gasteiger charge is -2.11. The van der Waals surface area contributed by atoms with Crippen molar-refractivity contribution < 1.29 is 9.53 Å². The fraction of sp³-hybridized carbons (Fsp3) is 0.111. The van der Waals surface area contributed by atoms with Crippen LogP contribution in [-0.2, 0) is 4.79 Å². The molecule has 0 bridgehead atoms. The molecule has 0 radical (unpaired) electrons. The minimum atomic E-state index is -0.237. The van der Waals surface area contributed by atoms with Gasteiger partial charge in [-0.1, -0.05) is 23.7 Å². The van der Waals surface area contributed by atoms with E-state index in [1.165, 1.54) is 0 Å². The number of nitrogens with one attached hydrogen (secondary N) is 1. The number of fused-ring (bicyclic) bond motifs is 1. The largest absolute Gasteiger partial charge is 0.484 e. The highest BCUT2D eigenvalue weighted by Gasteiger charge is 2.08. The molecule has 3 rings (SSSR count). The van der Waals surface area contributed by atoms with E-state index in [0.717, 1.165) is 22.2 Å². The van der Waals surface area contributed by atoms with Crippen molar-refractivity contribution in [3.63, 3.8) is 0 Å². The van der Waals surface area contributed by atoms with E-state index < -0.39 is 0 Å². The number of aromatic nitrogens is 1. The maximum atomic E-state index is 12.1. The Hall–Kier alpha value is -2.59. The Labute approximate surface area is 139 Å². The van der Waals surface area contributed by atoms with Crippen molar-refractivity contribution >= 4 is 34.1 Å². The minimum Gasteiger partial charge on any atom is -0.484 e. The van der Waals surface area contributed by atoms with Crippen LogP contribution in [-0.4, -0.2) is 17.5 Å². The molecule has 1 amide bonds. The molecule has 2 aromatic carbocycles. The highest BCUT2D eigenvalue weighted by atomic mass is 35.5. The summed E-state index contributed by atoms with van der Waals surface area (Å²) in [7, 11) is 0. The van der Waals surface area contributed by atoms with E-state index >= 15 is 0 Å². The zero-order valence-electron chi connectivity index (χ0n) is 12.5. The first-order chi connectivity index (χ1) is 11.1. The van der Waals surface area contributed by atoms with Crippen molar-refractivity contribution in [1.29, 1.82) is 0 Å². The normalized spacial score (nSPS) is 10.5. The van der Waals surface area contributed by atoms with Crippen molar-refractivity contribution in [2.24, 2.45) is 0 Å². The molecule has 0 fully saturated rings. The van der Waals surface area contributed by atoms with E-state index in [1.807, 2.05) is 31.2 Å². The summed E-state index contributed by atoms with van der Waals surface area (Å²) in [6, 6.07) is 14.5. The molecule has 0 saturated heterocycles. The summed E-state index contributed by atoms with van der Waals surface area (Å²) < 4.78 is 5.44. The molecule has 3 aromatic rings. The van der Waals surface area contributed by atoms with Crippen molar-refractivity contribution in [1.82, 2.24) is 4.98 Å². The third-order valence-electron chi connectivity index (χ3n) is 3.41. The molecule has 1 N–H and O–H groups in total. The Kier molecular flexibility index (Phi) is 4.44. The first-order valence-corrected chi connectivity index (χ1v) is 7.54. The quantitative estimate of drug-likeness (QED) is 0.781. The maximum Gasteiger partial charge on any atom is 0.262 e. The number of nitrogens with zero attached hydrogens (tertiary/aromatic N) is 1. The van der Waals surface area contributed by atoms with Crippen LogP contribution >= 0.6 is 11.6 Å². The number of aryl methyl sites for hydroxylation is 1. The van der Waals surface area contributed by atoms with E-state index in [0.29, 0.717) is 10.8 Å². The molecule has 0 atom stereocenters. The number of halogens is 1. The van der Waals surface area contributed by atoms with Crippen LogP contribution in [0.2, 0.25) is 5.02 Å². The number of ether oxygens (including phenoxy) is 1. The molecular weight excluding hydrogens is 312 g/mol. The van der Waals surface area contributed by atoms with Gasteiger partial charge in [0, 0.05) is 16.6 Å². The second-order valence-corrected chi connectivity index (χ2v) is 5.56. The zero-order valence-corrected chi connectivity index (χ0v) is 13.3. The summed E-state index contributed by atoms with van der Waals surface area (Å²) in [5.74, 6) is 0.321. The van der Waals surface area contributed by atoms with Gasteiger partial charge in [0.1, 0.15) is 5.75 Å². The number of anilines is 1. The summed E-state index contributed by atoms with van der Waals surface area (Å²) in [6.45, 7) is 1.90. The van der Waals surface area contributed by atoms with E-state index in [4.69, 9.17) is 16.3 Å². The average molecular weight is 327 g/mol. The molecule has 0 saturated carbocycles. The summed E-state index contributed by atoms with van der Waals surface area (Å²) in [5.41, 5.74) is 2.66. The Bertz CT molecular complexity index is 865. The number of pyridine rings is 1. The Morgan fingerprint density at radius 3 is 2.91 bits per heavy atom. The van der Waals surface area contributed by atoms with Gasteiger partial charge in [-0.3, -0.25) is 9.78 Å². The fourth-order valence-corrected chi connectivity index (χ4v) is 2.50. The number of hydrogen-bond donors (Lipinski definition) is 1. The molecule has 0 spiro atoms. The molecule has 0 aliphatic heterocycles. The smallest absolute Gasteiger partial charge is 0.262 e. The van der Waals surface area contributed by atoms with Gasteiger partial charge < -0.3 is 10.1 Å². The van der Waals surface area contributed by atoms with Crippen LogP contribution in [0.15, 0.2) is 54.7 Å². The highest BCUT2D eigenvalue weighted by molar-refractivity contribution is 6.30. The van der Waals surface area contributed by atoms with E-state index in [2.05, 4.69) is 10.3 Å². The standard InChI is InChI=1S/C18H15ClN2O2/c1-12-7-8-16(15-6-3-9-20-18(12)15)21-17(22)11-23-14-5-2-4-13(19)10-14/h2-10H,11H2,1H3,(H,21,22). The second-order valence-electron chi connectivity index (χ2n) is 5.12. The SMILES string of the molecule is Cc1ccc(NC(=O)COc2cccc(Cl)c2)c2cccnc12. The topological polar surface area (TPSA) is 51.2 Å². The molecule has 5 heteroatoms. The molecular formula is C18H15ClN2O2. The van der Waals surface area contributed by atoms with Gasteiger partial charge in [-0.25, -0.2) is 0 Å². The molecule has 1 aromatic heterocycles. The Morgan fingerprint density at radius 1 is 1.22 bits per heavy atom. The predicted octanol–water partition coefficient (Wildman–Crippen LogP) is 4.21. The van der Waals surface area contributed by atoms with E-state index in [1.54, 1.807) is 30.5 Å². The number of benzene rings is 2. The first kappa shape index (κ1) is 15.3. The van der Waals surface area contributed by atoms with E-state index in [9.17, 15) is 4.79 Å². The van der Waals surface area contributed by atoms with Crippen LogP contribution in [0.4, 0.5) is 5.69 Å². The molecule has 116 valence electrons. The molecule has 1 heterocycles. The number of rotatable bonds is 4. The third-order valence-corrected chi connectivity index (χ3v) is 3.65. The van der Waals surface area contributed by atoms with Crippen molar-refractivity contribution in [3.8, 4) is 5.75 Å². The number of carbonyl (C=O) groups is 1. The molecule has 23 heavy (non-hydrogen) atoms. The summed E-state index contributed by atoms with van der Waals surface area (Å²) >= 11 is 5.88. The van der Waals surface area contributed by atoms with Crippen LogP contribution in [0.1, 0.15) is 5.56 Å². The zero-order chi connectivity index (χ0) is 16.2. The fourth-order valence-electron chi connectivity index (χ4n) is 2.31. The van der Waals surface area contributed by atoms with Gasteiger partial charge in [0.05, 0.1) is 11.2 Å². The minimum absolute atomic E-state index is 0.0873. The monoisotopic (exact) mass is 326 g/mol. The molecule has 0 unspecified atom stereocenters. The van der Waals surface area contributed by atoms with Gasteiger partial charge >= 0.3 is 0 Å². The number of hydrogen-bond acceptors (Lipinski definition) is 3. The lowest BCUT2D eigenvalue weighted by molar-refractivity contribution is -0.118. The van der Waals surface area contributed by atoms with Crippen LogP contribution in [0.25, 0.3) is 10.9 Å². The Morgan fingerprint density at radius 2 is 2.09 bits per heavy atom. The van der Waals surface area contributed by atoms with Crippen LogP contribution in [0.5, 0.6) is 5.75 Å². The first-order valence-electron chi connectivity index (χ1n) is 7.16. The Balaban J connectivity index is 1.72. The average Bonchev–Trinajstić information content (AvgIpc) is 2.56. The van der Waals surface area contributed by atoms with Crippen molar-refractivity contribution in [2.45, 2.75) is 6.92 Å². The number of carbonyl (C=O) groups excluding carboxylic acids is 1. The van der Waals surface area contributed by atoms with Crippen molar-refractivity contribution in [3.05, 3.63) is 65.3 Å². The lowest BCUT2D eigenvalue weighted by atomic mass is 10.1. The summed E-state index contributed by atoms with van der Waals surface area (Å²) in [4.78, 5) is 16.5. The molecule has 0 aliphatic rings. The second kappa shape index (κ2) is 6.67. The van der Waals surface area contributed by atoms with Gasteiger partial charge in [0.2, 0.25) is 0 Å². The van der Waals surface area contributed by atoms with Crippen LogP contribution in [0, 0.1) is 6.92 Å². The highest BCUT2D eigenvalue weighted by Crippen LogP contribution is 2.24. The maximum absolute atomic E-state index is 12.1. The third kappa shape index (κ3) is 3.60. The number of amides is 1.